The number of sulfonamides is 1. The van der Waals surface area contributed by atoms with Gasteiger partial charge in [0.15, 0.2) is 5.52 Å². The third kappa shape index (κ3) is 4.28. The highest BCUT2D eigenvalue weighted by molar-refractivity contribution is 7.93. The van der Waals surface area contributed by atoms with E-state index in [1.54, 1.807) is 60.7 Å². The Morgan fingerprint density at radius 2 is 1.71 bits per heavy atom. The molecule has 9 nitrogen and oxygen atoms in total. The van der Waals surface area contributed by atoms with Crippen LogP contribution in [-0.4, -0.2) is 28.9 Å². The molecule has 0 radical (unpaired) electrons. The van der Waals surface area contributed by atoms with Crippen LogP contribution >= 0.6 is 0 Å². The van der Waals surface area contributed by atoms with Crippen LogP contribution in [0, 0.1) is 5.82 Å². The largest absolute Gasteiger partial charge is 0.280 e. The summed E-state index contributed by atoms with van der Waals surface area (Å²) in [6, 6.07) is 22.8. The van der Waals surface area contributed by atoms with Crippen LogP contribution in [0.25, 0.3) is 32.9 Å². The Labute approximate surface area is 215 Å². The van der Waals surface area contributed by atoms with Crippen molar-refractivity contribution in [2.24, 2.45) is 0 Å². The van der Waals surface area contributed by atoms with E-state index >= 15 is 0 Å². The van der Waals surface area contributed by atoms with Crippen LogP contribution in [0.15, 0.2) is 99.2 Å². The third-order valence-electron chi connectivity index (χ3n) is 6.14. The Hall–Kier alpha value is -4.90. The van der Waals surface area contributed by atoms with Crippen LogP contribution < -0.4 is 10.3 Å². The number of aromatic amines is 1. The zero-order valence-electron chi connectivity index (χ0n) is 19.6. The van der Waals surface area contributed by atoms with Crippen LogP contribution in [0.5, 0.6) is 0 Å². The number of H-pyrrole nitrogens is 1. The molecule has 0 aliphatic heterocycles. The molecular formula is C27H18FN5O4S. The van der Waals surface area contributed by atoms with E-state index in [0.717, 1.165) is 10.9 Å². The summed E-state index contributed by atoms with van der Waals surface area (Å²) in [5.74, 6) is -0.466. The van der Waals surface area contributed by atoms with E-state index in [1.165, 1.54) is 12.1 Å². The maximum Gasteiger partial charge on any atom is 0.272 e. The van der Waals surface area contributed by atoms with Gasteiger partial charge in [-0.3, -0.25) is 9.52 Å². The number of rotatable bonds is 6. The van der Waals surface area contributed by atoms with Crippen LogP contribution in [0.3, 0.4) is 0 Å². The fraction of sp³-hybridized carbons (Fsp3) is 0.0370. The second-order valence-corrected chi connectivity index (χ2v) is 10.3. The Morgan fingerprint density at radius 1 is 0.895 bits per heavy atom. The molecular weight excluding hydrogens is 509 g/mol. The predicted octanol–water partition coefficient (Wildman–Crippen LogP) is 4.66. The average Bonchev–Trinajstić information content (AvgIpc) is 3.40. The van der Waals surface area contributed by atoms with E-state index in [-0.39, 0.29) is 21.7 Å². The lowest BCUT2D eigenvalue weighted by Gasteiger charge is -2.12. The van der Waals surface area contributed by atoms with Gasteiger partial charge < -0.3 is 0 Å². The van der Waals surface area contributed by atoms with Gasteiger partial charge in [-0.15, -0.1) is 0 Å². The topological polar surface area (TPSA) is 131 Å². The fourth-order valence-electron chi connectivity index (χ4n) is 4.36. The van der Waals surface area contributed by atoms with Crippen LogP contribution in [-0.2, 0) is 16.4 Å². The Morgan fingerprint density at radius 3 is 2.58 bits per heavy atom. The molecule has 188 valence electrons. The SMILES string of the molecule is O=c1[nH]nc(Cc2ccc(F)c(-c3cccc(NS(=O)(=O)c4cccc5nonc45)c3)c2)c2ccccc12. The van der Waals surface area contributed by atoms with Crippen molar-refractivity contribution in [2.45, 2.75) is 11.3 Å². The van der Waals surface area contributed by atoms with E-state index in [9.17, 15) is 17.6 Å². The molecule has 11 heteroatoms. The first-order chi connectivity index (χ1) is 18.4. The minimum Gasteiger partial charge on any atom is -0.280 e. The standard InChI is InChI=1S/C27H18FN5O4S/c28-22-12-11-16(14-24-19-7-1-2-8-20(19)27(34)30-29-24)13-21(22)17-5-3-6-18(15-17)33-38(35,36)25-10-4-9-23-26(25)32-37-31-23/h1-13,15,33H,14H2,(H,30,34). The molecule has 6 rings (SSSR count). The molecule has 4 aromatic carbocycles. The summed E-state index contributed by atoms with van der Waals surface area (Å²) < 4.78 is 48.3. The van der Waals surface area contributed by atoms with Gasteiger partial charge in [-0.25, -0.2) is 22.5 Å². The molecule has 6 aromatic rings. The normalized spacial score (nSPS) is 11.7. The number of nitrogens with one attached hydrogen (secondary N) is 2. The van der Waals surface area contributed by atoms with Crippen LogP contribution in [0.4, 0.5) is 10.1 Å². The summed E-state index contributed by atoms with van der Waals surface area (Å²) in [5.41, 5.74) is 2.57. The lowest BCUT2D eigenvalue weighted by Crippen LogP contribution is -2.13. The Kier molecular flexibility index (Phi) is 5.69. The van der Waals surface area contributed by atoms with Gasteiger partial charge in [0.2, 0.25) is 0 Å². The van der Waals surface area contributed by atoms with E-state index in [1.807, 2.05) is 12.1 Å². The van der Waals surface area contributed by atoms with Crippen molar-refractivity contribution in [3.05, 3.63) is 112 Å². The summed E-state index contributed by atoms with van der Waals surface area (Å²) in [6.07, 6.45) is 0.354. The molecule has 2 aromatic heterocycles. The van der Waals surface area contributed by atoms with Crippen molar-refractivity contribution in [1.82, 2.24) is 20.5 Å². The van der Waals surface area contributed by atoms with Crippen LogP contribution in [0.1, 0.15) is 11.3 Å². The number of hydrogen-bond acceptors (Lipinski definition) is 7. The summed E-state index contributed by atoms with van der Waals surface area (Å²) >= 11 is 0. The van der Waals surface area contributed by atoms with Gasteiger partial charge in [-0.05, 0) is 63.9 Å². The first kappa shape index (κ1) is 23.5. The number of halogens is 1. The minimum atomic E-state index is -4.04. The summed E-state index contributed by atoms with van der Waals surface area (Å²) in [4.78, 5) is 12.0. The molecule has 0 aliphatic rings. The molecule has 0 saturated carbocycles. The molecule has 2 heterocycles. The average molecular weight is 528 g/mol. The van der Waals surface area contributed by atoms with Crippen molar-refractivity contribution in [3.8, 4) is 11.1 Å². The summed E-state index contributed by atoms with van der Waals surface area (Å²) in [6.45, 7) is 0. The highest BCUT2D eigenvalue weighted by atomic mass is 32.2. The maximum absolute atomic E-state index is 14.9. The lowest BCUT2D eigenvalue weighted by atomic mass is 9.98. The number of benzene rings is 4. The molecule has 0 bridgehead atoms. The number of nitrogens with zero attached hydrogens (tertiary/aromatic N) is 3. The molecule has 0 unspecified atom stereocenters. The molecule has 38 heavy (non-hydrogen) atoms. The van der Waals surface area contributed by atoms with E-state index in [2.05, 4.69) is 29.9 Å². The second-order valence-electron chi connectivity index (χ2n) is 8.61. The first-order valence-corrected chi connectivity index (χ1v) is 13.0. The quantitative estimate of drug-likeness (QED) is 0.322. The van der Waals surface area contributed by atoms with Crippen LogP contribution in [0.2, 0.25) is 0 Å². The highest BCUT2D eigenvalue weighted by Gasteiger charge is 2.21. The second kappa shape index (κ2) is 9.20. The third-order valence-corrected chi connectivity index (χ3v) is 7.55. The first-order valence-electron chi connectivity index (χ1n) is 11.5. The van der Waals surface area contributed by atoms with Gasteiger partial charge in [-0.1, -0.05) is 42.5 Å². The molecule has 0 atom stereocenters. The van der Waals surface area contributed by atoms with Gasteiger partial charge in [0.25, 0.3) is 15.6 Å². The number of anilines is 1. The minimum absolute atomic E-state index is 0.0875. The highest BCUT2D eigenvalue weighted by Crippen LogP contribution is 2.29. The zero-order valence-corrected chi connectivity index (χ0v) is 20.4. The van der Waals surface area contributed by atoms with Crippen molar-refractivity contribution >= 4 is 37.5 Å². The van der Waals surface area contributed by atoms with E-state index in [4.69, 9.17) is 0 Å². The van der Waals surface area contributed by atoms with Gasteiger partial charge in [0, 0.05) is 23.1 Å². The molecule has 2 N–H and O–H groups in total. The van der Waals surface area contributed by atoms with Gasteiger partial charge in [-0.2, -0.15) is 5.10 Å². The summed E-state index contributed by atoms with van der Waals surface area (Å²) in [7, 11) is -4.04. The maximum atomic E-state index is 14.9. The smallest absolute Gasteiger partial charge is 0.272 e. The fourth-order valence-corrected chi connectivity index (χ4v) is 5.56. The predicted molar refractivity (Wildman–Crippen MR) is 140 cm³/mol. The van der Waals surface area contributed by atoms with Crippen molar-refractivity contribution in [1.29, 1.82) is 0 Å². The van der Waals surface area contributed by atoms with E-state index in [0.29, 0.717) is 34.1 Å². The van der Waals surface area contributed by atoms with Crippen molar-refractivity contribution < 1.29 is 17.4 Å². The number of aromatic nitrogens is 4. The number of hydrogen-bond donors (Lipinski definition) is 2. The van der Waals surface area contributed by atoms with Gasteiger partial charge >= 0.3 is 0 Å². The monoisotopic (exact) mass is 527 g/mol. The Bertz CT molecular complexity index is 2000. The van der Waals surface area contributed by atoms with Crippen molar-refractivity contribution in [2.75, 3.05) is 4.72 Å². The molecule has 0 amide bonds. The zero-order chi connectivity index (χ0) is 26.3. The molecule has 0 saturated heterocycles. The van der Waals surface area contributed by atoms with E-state index < -0.39 is 15.8 Å². The van der Waals surface area contributed by atoms with Gasteiger partial charge in [0.1, 0.15) is 16.2 Å². The van der Waals surface area contributed by atoms with Gasteiger partial charge in [0.05, 0.1) is 11.1 Å². The molecule has 0 fully saturated rings. The summed E-state index contributed by atoms with van der Waals surface area (Å²) in [5, 5.41) is 15.3. The molecule has 0 aliphatic carbocycles. The van der Waals surface area contributed by atoms with Crippen molar-refractivity contribution in [3.63, 3.8) is 0 Å². The Balaban J connectivity index is 1.33. The molecule has 0 spiro atoms. The lowest BCUT2D eigenvalue weighted by molar-refractivity contribution is 0.315. The number of fused-ring (bicyclic) bond motifs is 2.